The summed E-state index contributed by atoms with van der Waals surface area (Å²) in [5, 5.41) is 0. The number of aromatic nitrogens is 1. The summed E-state index contributed by atoms with van der Waals surface area (Å²) < 4.78 is 42.9. The number of benzene rings is 2. The van der Waals surface area contributed by atoms with Crippen LogP contribution in [0.1, 0.15) is 39.9 Å². The molecule has 0 radical (unpaired) electrons. The fourth-order valence-corrected chi connectivity index (χ4v) is 7.01. The lowest BCUT2D eigenvalue weighted by molar-refractivity contribution is 0.0340. The van der Waals surface area contributed by atoms with Gasteiger partial charge < -0.3 is 14.4 Å². The van der Waals surface area contributed by atoms with Crippen LogP contribution in [0.5, 0.6) is 5.75 Å². The SMILES string of the molecule is CO[C@@H]1CN(C(=O)c2cc(C)ccc2C)C[C@H]1Oc1cccc(NS(=O)(=O)N2CCCC2Cc2cccnc2)c1. The van der Waals surface area contributed by atoms with E-state index in [1.54, 1.807) is 53.0 Å². The van der Waals surface area contributed by atoms with Crippen molar-refractivity contribution in [1.82, 2.24) is 14.2 Å². The van der Waals surface area contributed by atoms with Gasteiger partial charge in [-0.1, -0.05) is 29.8 Å². The highest BCUT2D eigenvalue weighted by atomic mass is 32.2. The van der Waals surface area contributed by atoms with Gasteiger partial charge in [-0.15, -0.1) is 0 Å². The van der Waals surface area contributed by atoms with Crippen LogP contribution in [0.2, 0.25) is 0 Å². The number of carbonyl (C=O) groups excluding carboxylic acids is 1. The molecule has 5 rings (SSSR count). The maximum atomic E-state index is 13.4. The van der Waals surface area contributed by atoms with E-state index in [0.717, 1.165) is 29.5 Å². The number of ether oxygens (including phenoxy) is 2. The average Bonchev–Trinajstić information content (AvgIpc) is 3.57. The van der Waals surface area contributed by atoms with Gasteiger partial charge >= 0.3 is 10.2 Å². The standard InChI is InChI=1S/C30H36N4O5S/c1-21-11-12-22(2)27(15-21)30(35)33-19-28(38-3)29(20-33)39-26-10-4-8-24(17-26)32-40(36,37)34-14-6-9-25(34)16-23-7-5-13-31-18-23/h4-5,7-8,10-13,15,17-18,25,28-29,32H,6,9,14,16,19-20H2,1-3H3/t25?,28-,29-/m1/s1. The number of anilines is 1. The van der Waals surface area contributed by atoms with Crippen molar-refractivity contribution in [3.05, 3.63) is 89.2 Å². The average molecular weight is 565 g/mol. The number of carbonyl (C=O) groups is 1. The second-order valence-corrected chi connectivity index (χ2v) is 12.2. The molecule has 2 fully saturated rings. The van der Waals surface area contributed by atoms with E-state index >= 15 is 0 Å². The van der Waals surface area contributed by atoms with E-state index in [9.17, 15) is 13.2 Å². The van der Waals surface area contributed by atoms with Crippen LogP contribution in [0.25, 0.3) is 0 Å². The van der Waals surface area contributed by atoms with Crippen molar-refractivity contribution >= 4 is 21.8 Å². The third-order valence-electron chi connectivity index (χ3n) is 7.62. The van der Waals surface area contributed by atoms with E-state index in [1.807, 2.05) is 44.2 Å². The first-order valence-corrected chi connectivity index (χ1v) is 15.0. The van der Waals surface area contributed by atoms with Gasteiger partial charge in [0.15, 0.2) is 0 Å². The minimum absolute atomic E-state index is 0.0534. The molecule has 2 saturated heterocycles. The normalized spacial score (nSPS) is 21.5. The Morgan fingerprint density at radius 2 is 1.90 bits per heavy atom. The zero-order valence-electron chi connectivity index (χ0n) is 23.1. The molecule has 1 amide bonds. The molecule has 0 saturated carbocycles. The number of nitrogens with one attached hydrogen (secondary N) is 1. The summed E-state index contributed by atoms with van der Waals surface area (Å²) in [6.07, 6.45) is 5.02. The molecule has 2 aliphatic heterocycles. The number of aryl methyl sites for hydroxylation is 2. The maximum Gasteiger partial charge on any atom is 0.301 e. The molecule has 3 heterocycles. The second-order valence-electron chi connectivity index (χ2n) is 10.6. The van der Waals surface area contributed by atoms with Gasteiger partial charge in [-0.2, -0.15) is 12.7 Å². The van der Waals surface area contributed by atoms with Crippen LogP contribution >= 0.6 is 0 Å². The molecule has 1 N–H and O–H groups in total. The van der Waals surface area contributed by atoms with Gasteiger partial charge in [0, 0.05) is 43.7 Å². The first-order chi connectivity index (χ1) is 19.2. The van der Waals surface area contributed by atoms with Crippen LogP contribution in [0.15, 0.2) is 67.0 Å². The smallest absolute Gasteiger partial charge is 0.301 e. The predicted molar refractivity (Wildman–Crippen MR) is 154 cm³/mol. The third-order valence-corrected chi connectivity index (χ3v) is 9.21. The predicted octanol–water partition coefficient (Wildman–Crippen LogP) is 3.98. The Bertz CT molecular complexity index is 1450. The van der Waals surface area contributed by atoms with Crippen molar-refractivity contribution in [3.63, 3.8) is 0 Å². The number of pyridine rings is 1. The zero-order chi connectivity index (χ0) is 28.3. The lowest BCUT2D eigenvalue weighted by Crippen LogP contribution is -2.40. The molecule has 212 valence electrons. The van der Waals surface area contributed by atoms with Gasteiger partial charge in [0.2, 0.25) is 0 Å². The van der Waals surface area contributed by atoms with Crippen molar-refractivity contribution in [2.45, 2.75) is 51.4 Å². The number of rotatable bonds is 9. The highest BCUT2D eigenvalue weighted by molar-refractivity contribution is 7.90. The van der Waals surface area contributed by atoms with Gasteiger partial charge in [-0.3, -0.25) is 14.5 Å². The number of amides is 1. The summed E-state index contributed by atoms with van der Waals surface area (Å²) in [5.74, 6) is 0.448. The Labute approximate surface area is 236 Å². The number of methoxy groups -OCH3 is 1. The Hall–Kier alpha value is -3.47. The van der Waals surface area contributed by atoms with E-state index < -0.39 is 16.3 Å². The zero-order valence-corrected chi connectivity index (χ0v) is 23.9. The van der Waals surface area contributed by atoms with Crippen LogP contribution in [-0.4, -0.2) is 73.5 Å². The van der Waals surface area contributed by atoms with Crippen LogP contribution in [0.4, 0.5) is 5.69 Å². The lowest BCUT2D eigenvalue weighted by Gasteiger charge is -2.25. The molecule has 3 atom stereocenters. The molecule has 0 spiro atoms. The number of nitrogens with zero attached hydrogens (tertiary/aromatic N) is 3. The molecule has 0 bridgehead atoms. The summed E-state index contributed by atoms with van der Waals surface area (Å²) in [4.78, 5) is 19.2. The summed E-state index contributed by atoms with van der Waals surface area (Å²) in [5.41, 5.74) is 4.06. The summed E-state index contributed by atoms with van der Waals surface area (Å²) in [7, 11) is -2.16. The third kappa shape index (κ3) is 6.29. The second kappa shape index (κ2) is 12.0. The highest BCUT2D eigenvalue weighted by Crippen LogP contribution is 2.28. The summed E-state index contributed by atoms with van der Waals surface area (Å²) in [6.45, 7) is 5.14. The van der Waals surface area contributed by atoms with Crippen molar-refractivity contribution < 1.29 is 22.7 Å². The van der Waals surface area contributed by atoms with E-state index in [0.29, 0.717) is 43.1 Å². The number of likely N-dealkylation sites (tertiary alicyclic amines) is 1. The quantitative estimate of drug-likeness (QED) is 0.422. The molecule has 40 heavy (non-hydrogen) atoms. The Morgan fingerprint density at radius 1 is 1.07 bits per heavy atom. The molecule has 1 aromatic heterocycles. The van der Waals surface area contributed by atoms with E-state index in [4.69, 9.17) is 9.47 Å². The van der Waals surface area contributed by atoms with Crippen LogP contribution in [0.3, 0.4) is 0 Å². The molecule has 2 aliphatic rings. The fourth-order valence-electron chi connectivity index (χ4n) is 5.52. The summed E-state index contributed by atoms with van der Waals surface area (Å²) in [6, 6.07) is 16.5. The minimum Gasteiger partial charge on any atom is -0.486 e. The maximum absolute atomic E-state index is 13.4. The van der Waals surface area contributed by atoms with Gasteiger partial charge in [0.05, 0.1) is 18.8 Å². The van der Waals surface area contributed by atoms with Crippen molar-refractivity contribution in [2.24, 2.45) is 0 Å². The largest absolute Gasteiger partial charge is 0.486 e. The van der Waals surface area contributed by atoms with Gasteiger partial charge in [0.1, 0.15) is 18.0 Å². The molecule has 1 unspecified atom stereocenters. The van der Waals surface area contributed by atoms with Crippen molar-refractivity contribution in [3.8, 4) is 5.75 Å². The monoisotopic (exact) mass is 564 g/mol. The Morgan fingerprint density at radius 3 is 2.67 bits per heavy atom. The van der Waals surface area contributed by atoms with Gasteiger partial charge in [-0.05, 0) is 68.5 Å². The molecule has 9 nitrogen and oxygen atoms in total. The molecule has 10 heteroatoms. The Kier molecular flexibility index (Phi) is 8.39. The highest BCUT2D eigenvalue weighted by Gasteiger charge is 2.38. The van der Waals surface area contributed by atoms with E-state index in [-0.39, 0.29) is 18.1 Å². The van der Waals surface area contributed by atoms with E-state index in [2.05, 4.69) is 9.71 Å². The topological polar surface area (TPSA) is 101 Å². The minimum atomic E-state index is -3.77. The van der Waals surface area contributed by atoms with Crippen LogP contribution < -0.4 is 9.46 Å². The van der Waals surface area contributed by atoms with Gasteiger partial charge in [0.25, 0.3) is 5.91 Å². The first-order valence-electron chi connectivity index (χ1n) is 13.6. The molecular weight excluding hydrogens is 528 g/mol. The molecular formula is C30H36N4O5S. The number of hydrogen-bond donors (Lipinski definition) is 1. The first kappa shape index (κ1) is 28.1. The fraction of sp³-hybridized carbons (Fsp3) is 0.400. The van der Waals surface area contributed by atoms with Crippen LogP contribution in [-0.2, 0) is 21.4 Å². The Balaban J connectivity index is 1.25. The number of hydrogen-bond acceptors (Lipinski definition) is 6. The van der Waals surface area contributed by atoms with Crippen molar-refractivity contribution in [1.29, 1.82) is 0 Å². The lowest BCUT2D eigenvalue weighted by atomic mass is 10.0. The van der Waals surface area contributed by atoms with Gasteiger partial charge in [-0.25, -0.2) is 0 Å². The molecule has 2 aromatic carbocycles. The van der Waals surface area contributed by atoms with Crippen molar-refractivity contribution in [2.75, 3.05) is 31.5 Å². The molecule has 0 aliphatic carbocycles. The molecule has 3 aromatic rings. The van der Waals surface area contributed by atoms with Crippen LogP contribution in [0, 0.1) is 13.8 Å². The summed E-state index contributed by atoms with van der Waals surface area (Å²) >= 11 is 0. The van der Waals surface area contributed by atoms with E-state index in [1.165, 1.54) is 0 Å².